The molecular formula is C11H20ClF3N2O. The van der Waals surface area contributed by atoms with E-state index < -0.39 is 12.6 Å². The smallest absolute Gasteiger partial charge is 0.342 e. The third-order valence-corrected chi connectivity index (χ3v) is 2.78. The zero-order valence-corrected chi connectivity index (χ0v) is 11.2. The molecule has 0 spiro atoms. The largest absolute Gasteiger partial charge is 0.390 e. The molecule has 1 rings (SSSR count). The van der Waals surface area contributed by atoms with Crippen LogP contribution in [0.5, 0.6) is 0 Å². The Morgan fingerprint density at radius 2 is 2.00 bits per heavy atom. The lowest BCUT2D eigenvalue weighted by Gasteiger charge is -2.23. The van der Waals surface area contributed by atoms with Crippen LogP contribution in [0.25, 0.3) is 0 Å². The number of halogens is 4. The molecule has 1 aliphatic rings. The Hall–Kier alpha value is -0.490. The standard InChI is InChI=1S/C11H19F3N2O.ClH/c1-15-6-4-10(17)16(8-9-2-3-9)7-5-11(12,13)14;/h9,15H,2-8H2,1H3;1H. The first-order valence-electron chi connectivity index (χ1n) is 5.91. The van der Waals surface area contributed by atoms with Crippen molar-refractivity contribution >= 4 is 18.3 Å². The Morgan fingerprint density at radius 1 is 1.39 bits per heavy atom. The summed E-state index contributed by atoms with van der Waals surface area (Å²) in [5.41, 5.74) is 0. The van der Waals surface area contributed by atoms with Gasteiger partial charge in [-0.25, -0.2) is 0 Å². The number of nitrogens with zero attached hydrogens (tertiary/aromatic N) is 1. The fraction of sp³-hybridized carbons (Fsp3) is 0.909. The number of carbonyl (C=O) groups is 1. The Balaban J connectivity index is 0.00000289. The van der Waals surface area contributed by atoms with Gasteiger partial charge in [0.25, 0.3) is 0 Å². The molecule has 1 amide bonds. The predicted octanol–water partition coefficient (Wildman–Crippen LogP) is 2.21. The molecule has 7 heteroatoms. The minimum Gasteiger partial charge on any atom is -0.342 e. The van der Waals surface area contributed by atoms with Gasteiger partial charge in [-0.1, -0.05) is 0 Å². The van der Waals surface area contributed by atoms with Crippen LogP contribution < -0.4 is 5.32 Å². The average molecular weight is 289 g/mol. The average Bonchev–Trinajstić information content (AvgIpc) is 3.03. The van der Waals surface area contributed by atoms with Crippen molar-refractivity contribution in [3.8, 4) is 0 Å². The molecule has 1 saturated carbocycles. The van der Waals surface area contributed by atoms with Crippen LogP contribution >= 0.6 is 12.4 Å². The molecule has 18 heavy (non-hydrogen) atoms. The Kier molecular flexibility index (Phi) is 7.62. The molecule has 0 bridgehead atoms. The molecule has 0 radical (unpaired) electrons. The van der Waals surface area contributed by atoms with Gasteiger partial charge in [-0.2, -0.15) is 13.2 Å². The second kappa shape index (κ2) is 7.84. The van der Waals surface area contributed by atoms with Crippen LogP contribution in [0, 0.1) is 5.92 Å². The van der Waals surface area contributed by atoms with Gasteiger partial charge in [-0.15, -0.1) is 12.4 Å². The highest BCUT2D eigenvalue weighted by atomic mass is 35.5. The maximum atomic E-state index is 12.1. The molecule has 1 fully saturated rings. The first kappa shape index (κ1) is 17.5. The van der Waals surface area contributed by atoms with Crippen molar-refractivity contribution in [2.75, 3.05) is 26.7 Å². The summed E-state index contributed by atoms with van der Waals surface area (Å²) >= 11 is 0. The molecule has 0 unspecified atom stereocenters. The first-order valence-corrected chi connectivity index (χ1v) is 5.91. The third-order valence-electron chi connectivity index (χ3n) is 2.78. The van der Waals surface area contributed by atoms with Crippen molar-refractivity contribution < 1.29 is 18.0 Å². The van der Waals surface area contributed by atoms with E-state index in [0.717, 1.165) is 12.8 Å². The second-order valence-electron chi connectivity index (χ2n) is 4.50. The monoisotopic (exact) mass is 288 g/mol. The molecule has 0 aromatic heterocycles. The highest BCUT2D eigenvalue weighted by molar-refractivity contribution is 5.85. The molecule has 0 aromatic rings. The summed E-state index contributed by atoms with van der Waals surface area (Å²) < 4.78 is 36.4. The van der Waals surface area contributed by atoms with Gasteiger partial charge in [0.15, 0.2) is 0 Å². The predicted molar refractivity (Wildman–Crippen MR) is 65.8 cm³/mol. The van der Waals surface area contributed by atoms with Gasteiger partial charge in [0.1, 0.15) is 0 Å². The van der Waals surface area contributed by atoms with E-state index in [1.807, 2.05) is 0 Å². The van der Waals surface area contributed by atoms with Crippen molar-refractivity contribution in [1.29, 1.82) is 0 Å². The third kappa shape index (κ3) is 7.76. The zero-order valence-electron chi connectivity index (χ0n) is 10.4. The second-order valence-corrected chi connectivity index (χ2v) is 4.50. The summed E-state index contributed by atoms with van der Waals surface area (Å²) in [6.07, 6.45) is -2.78. The quantitative estimate of drug-likeness (QED) is 0.779. The zero-order chi connectivity index (χ0) is 12.9. The van der Waals surface area contributed by atoms with E-state index in [1.54, 1.807) is 7.05 Å². The highest BCUT2D eigenvalue weighted by Crippen LogP contribution is 2.30. The summed E-state index contributed by atoms with van der Waals surface area (Å²) in [6, 6.07) is 0. The minimum atomic E-state index is -4.19. The summed E-state index contributed by atoms with van der Waals surface area (Å²) in [5.74, 6) is 0.234. The fourth-order valence-corrected chi connectivity index (χ4v) is 1.58. The van der Waals surface area contributed by atoms with E-state index in [0.29, 0.717) is 19.0 Å². The SMILES string of the molecule is CNCCC(=O)N(CCC(F)(F)F)CC1CC1.Cl. The van der Waals surface area contributed by atoms with Crippen molar-refractivity contribution in [1.82, 2.24) is 10.2 Å². The molecule has 108 valence electrons. The molecule has 3 nitrogen and oxygen atoms in total. The minimum absolute atomic E-state index is 0. The van der Waals surface area contributed by atoms with Gasteiger partial charge in [-0.05, 0) is 25.8 Å². The molecule has 0 aromatic carbocycles. The maximum Gasteiger partial charge on any atom is 0.390 e. The van der Waals surface area contributed by atoms with Gasteiger partial charge >= 0.3 is 6.18 Å². The summed E-state index contributed by atoms with van der Waals surface area (Å²) in [7, 11) is 1.72. The fourth-order valence-electron chi connectivity index (χ4n) is 1.58. The lowest BCUT2D eigenvalue weighted by Crippen LogP contribution is -2.37. The molecule has 1 aliphatic carbocycles. The molecular weight excluding hydrogens is 269 g/mol. The topological polar surface area (TPSA) is 32.3 Å². The molecule has 0 aliphatic heterocycles. The number of carbonyl (C=O) groups excluding carboxylic acids is 1. The van der Waals surface area contributed by atoms with E-state index in [-0.39, 0.29) is 31.3 Å². The van der Waals surface area contributed by atoms with E-state index in [4.69, 9.17) is 0 Å². The van der Waals surface area contributed by atoms with Crippen LogP contribution in [0.15, 0.2) is 0 Å². The number of hydrogen-bond acceptors (Lipinski definition) is 2. The normalized spacial score (nSPS) is 15.1. The highest BCUT2D eigenvalue weighted by Gasteiger charge is 2.31. The maximum absolute atomic E-state index is 12.1. The van der Waals surface area contributed by atoms with Gasteiger partial charge < -0.3 is 10.2 Å². The summed E-state index contributed by atoms with van der Waals surface area (Å²) in [4.78, 5) is 13.1. The lowest BCUT2D eigenvalue weighted by atomic mass is 10.2. The van der Waals surface area contributed by atoms with Crippen LogP contribution in [0.2, 0.25) is 0 Å². The van der Waals surface area contributed by atoms with Crippen LogP contribution in [0.1, 0.15) is 25.7 Å². The Bertz CT molecular complexity index is 257. The summed E-state index contributed by atoms with van der Waals surface area (Å²) in [5, 5.41) is 2.83. The van der Waals surface area contributed by atoms with Gasteiger partial charge in [0.05, 0.1) is 6.42 Å². The van der Waals surface area contributed by atoms with Gasteiger partial charge in [-0.3, -0.25) is 4.79 Å². The molecule has 1 N–H and O–H groups in total. The van der Waals surface area contributed by atoms with E-state index in [2.05, 4.69) is 5.32 Å². The van der Waals surface area contributed by atoms with Crippen molar-refractivity contribution in [3.05, 3.63) is 0 Å². The van der Waals surface area contributed by atoms with Crippen molar-refractivity contribution in [2.45, 2.75) is 31.9 Å². The van der Waals surface area contributed by atoms with E-state index in [1.165, 1.54) is 4.90 Å². The van der Waals surface area contributed by atoms with E-state index >= 15 is 0 Å². The van der Waals surface area contributed by atoms with Gasteiger partial charge in [0, 0.05) is 26.1 Å². The van der Waals surface area contributed by atoms with Crippen LogP contribution in [0.4, 0.5) is 13.2 Å². The lowest BCUT2D eigenvalue weighted by molar-refractivity contribution is -0.145. The van der Waals surface area contributed by atoms with Gasteiger partial charge in [0.2, 0.25) is 5.91 Å². The Morgan fingerprint density at radius 3 is 2.44 bits per heavy atom. The van der Waals surface area contributed by atoms with Crippen molar-refractivity contribution in [2.24, 2.45) is 5.92 Å². The molecule has 0 heterocycles. The summed E-state index contributed by atoms with van der Waals surface area (Å²) in [6.45, 7) is 0.785. The van der Waals surface area contributed by atoms with Crippen LogP contribution in [0.3, 0.4) is 0 Å². The van der Waals surface area contributed by atoms with Crippen LogP contribution in [-0.2, 0) is 4.79 Å². The Labute approximate surface area is 112 Å². The van der Waals surface area contributed by atoms with Crippen molar-refractivity contribution in [3.63, 3.8) is 0 Å². The molecule has 0 saturated heterocycles. The number of amides is 1. The number of rotatable bonds is 7. The number of alkyl halides is 3. The molecule has 0 atom stereocenters. The first-order chi connectivity index (χ1) is 7.92. The number of nitrogens with one attached hydrogen (secondary N) is 1. The van der Waals surface area contributed by atoms with E-state index in [9.17, 15) is 18.0 Å². The van der Waals surface area contributed by atoms with Crippen LogP contribution in [-0.4, -0.2) is 43.7 Å². The number of hydrogen-bond donors (Lipinski definition) is 1.